The number of rotatable bonds is 12. The van der Waals surface area contributed by atoms with Gasteiger partial charge < -0.3 is 19.7 Å². The van der Waals surface area contributed by atoms with Crippen molar-refractivity contribution in [3.05, 3.63) is 71.8 Å². The number of carbonyl (C=O) groups excluding carboxylic acids is 2. The van der Waals surface area contributed by atoms with Crippen LogP contribution in [0.5, 0.6) is 0 Å². The zero-order valence-electron chi connectivity index (χ0n) is 23.6. The maximum atomic E-state index is 12.8. The van der Waals surface area contributed by atoms with E-state index < -0.39 is 73.5 Å². The largest absolute Gasteiger partial charge is 0.481 e. The predicted octanol–water partition coefficient (Wildman–Crippen LogP) is 3.26. The summed E-state index contributed by atoms with van der Waals surface area (Å²) in [7, 11) is 0. The molecule has 0 spiro atoms. The first-order chi connectivity index (χ1) is 20.9. The third kappa shape index (κ3) is 10.6. The van der Waals surface area contributed by atoms with E-state index in [0.717, 1.165) is 11.1 Å². The summed E-state index contributed by atoms with van der Waals surface area (Å²) in [5.41, 5.74) is 1.62. The average molecular weight is 627 g/mol. The Balaban J connectivity index is 0.000000297. The minimum Gasteiger partial charge on any atom is -0.481 e. The lowest BCUT2D eigenvalue weighted by Crippen LogP contribution is -2.31. The van der Waals surface area contributed by atoms with Crippen LogP contribution < -0.4 is 0 Å². The zero-order valence-corrected chi connectivity index (χ0v) is 23.6. The minimum atomic E-state index is -2.58. The van der Waals surface area contributed by atoms with Crippen molar-refractivity contribution >= 4 is 23.9 Å². The van der Waals surface area contributed by atoms with E-state index in [0.29, 0.717) is 0 Å². The molecule has 2 N–H and O–H groups in total. The van der Waals surface area contributed by atoms with Crippen molar-refractivity contribution in [3.8, 4) is 0 Å². The van der Waals surface area contributed by atoms with E-state index in [9.17, 15) is 36.7 Å². The third-order valence-electron chi connectivity index (χ3n) is 7.27. The van der Waals surface area contributed by atoms with Gasteiger partial charge in [-0.05, 0) is 11.1 Å². The molecule has 0 aliphatic carbocycles. The van der Waals surface area contributed by atoms with Gasteiger partial charge in [0.1, 0.15) is 13.2 Å². The molecule has 0 amide bonds. The third-order valence-corrected chi connectivity index (χ3v) is 7.27. The summed E-state index contributed by atoms with van der Waals surface area (Å²) in [4.78, 5) is 49.1. The normalized spacial score (nSPS) is 22.0. The Morgan fingerprint density at radius 1 is 0.614 bits per heavy atom. The van der Waals surface area contributed by atoms with Gasteiger partial charge in [0.2, 0.25) is 0 Å². The van der Waals surface area contributed by atoms with Gasteiger partial charge in [-0.2, -0.15) is 0 Å². The average Bonchev–Trinajstić information content (AvgIpc) is 3.60. The summed E-state index contributed by atoms with van der Waals surface area (Å²) in [5, 5.41) is 17.4. The number of hydrogen-bond acceptors (Lipinski definition) is 8. The molecule has 10 nitrogen and oxygen atoms in total. The van der Waals surface area contributed by atoms with Crippen LogP contribution in [0.2, 0.25) is 0 Å². The van der Waals surface area contributed by atoms with Crippen molar-refractivity contribution in [1.82, 2.24) is 9.80 Å². The van der Waals surface area contributed by atoms with Crippen LogP contribution in [-0.4, -0.2) is 96.0 Å². The van der Waals surface area contributed by atoms with E-state index in [4.69, 9.17) is 19.7 Å². The van der Waals surface area contributed by atoms with E-state index in [2.05, 4.69) is 0 Å². The summed E-state index contributed by atoms with van der Waals surface area (Å²) in [6.07, 6.45) is -5.12. The lowest BCUT2D eigenvalue weighted by molar-refractivity contribution is -0.160. The highest BCUT2D eigenvalue weighted by molar-refractivity contribution is 5.83. The molecule has 2 aromatic rings. The zero-order chi connectivity index (χ0) is 32.2. The molecule has 4 rings (SSSR count). The summed E-state index contributed by atoms with van der Waals surface area (Å²) >= 11 is 0. The van der Waals surface area contributed by atoms with Crippen molar-refractivity contribution in [1.29, 1.82) is 0 Å². The number of aliphatic carboxylic acids is 2. The molecule has 0 bridgehead atoms. The molecule has 2 heterocycles. The first-order valence-electron chi connectivity index (χ1n) is 13.8. The molecular formula is C30H34F4N2O8. The van der Waals surface area contributed by atoms with E-state index in [1.807, 2.05) is 60.7 Å². The van der Waals surface area contributed by atoms with Gasteiger partial charge in [-0.3, -0.25) is 29.0 Å². The number of nitrogens with zero attached hydrogens (tertiary/aromatic N) is 2. The van der Waals surface area contributed by atoms with Crippen LogP contribution in [0.1, 0.15) is 11.1 Å². The second-order valence-electron chi connectivity index (χ2n) is 10.5. The quantitative estimate of drug-likeness (QED) is 0.267. The van der Waals surface area contributed by atoms with E-state index in [1.165, 1.54) is 9.80 Å². The fourth-order valence-electron chi connectivity index (χ4n) is 5.11. The number of halogens is 4. The molecular weight excluding hydrogens is 592 g/mol. The highest BCUT2D eigenvalue weighted by Gasteiger charge is 2.44. The van der Waals surface area contributed by atoms with Crippen LogP contribution in [0.25, 0.3) is 0 Å². The fourth-order valence-corrected chi connectivity index (χ4v) is 5.11. The lowest BCUT2D eigenvalue weighted by Gasteiger charge is -2.16. The summed E-state index contributed by atoms with van der Waals surface area (Å²) in [5.74, 6) is -7.51. The number of carbonyl (C=O) groups is 4. The van der Waals surface area contributed by atoms with Crippen LogP contribution in [0.4, 0.5) is 17.6 Å². The predicted molar refractivity (Wildman–Crippen MR) is 147 cm³/mol. The second kappa shape index (κ2) is 16.7. The Bertz CT molecular complexity index is 1150. The molecule has 0 radical (unpaired) electrons. The van der Waals surface area contributed by atoms with Gasteiger partial charge in [0.05, 0.1) is 36.8 Å². The van der Waals surface area contributed by atoms with Crippen molar-refractivity contribution < 1.29 is 56.4 Å². The second-order valence-corrected chi connectivity index (χ2v) is 10.5. The van der Waals surface area contributed by atoms with Gasteiger partial charge in [-0.15, -0.1) is 0 Å². The topological polar surface area (TPSA) is 134 Å². The highest BCUT2D eigenvalue weighted by atomic mass is 19.3. The number of esters is 2. The lowest BCUT2D eigenvalue weighted by atomic mass is 9.96. The number of alkyl halides is 4. The summed E-state index contributed by atoms with van der Waals surface area (Å²) in [6.45, 7) is -1.11. The van der Waals surface area contributed by atoms with Crippen molar-refractivity contribution in [2.24, 2.45) is 23.7 Å². The molecule has 2 aliphatic heterocycles. The highest BCUT2D eigenvalue weighted by Crippen LogP contribution is 2.28. The van der Waals surface area contributed by atoms with E-state index >= 15 is 0 Å². The van der Waals surface area contributed by atoms with Crippen LogP contribution in [0.15, 0.2) is 60.7 Å². The molecule has 44 heavy (non-hydrogen) atoms. The number of likely N-dealkylation sites (tertiary alicyclic amines) is 2. The molecule has 0 aromatic heterocycles. The minimum absolute atomic E-state index is 0.0447. The number of hydrogen-bond donors (Lipinski definition) is 2. The van der Waals surface area contributed by atoms with Crippen LogP contribution >= 0.6 is 0 Å². The number of carboxylic acids is 2. The van der Waals surface area contributed by atoms with Crippen molar-refractivity contribution in [3.63, 3.8) is 0 Å². The van der Waals surface area contributed by atoms with Crippen molar-refractivity contribution in [2.45, 2.75) is 26.1 Å². The number of carboxylic acid groups (broad SMARTS) is 2. The molecule has 2 saturated heterocycles. The maximum absolute atomic E-state index is 12.8. The van der Waals surface area contributed by atoms with Gasteiger partial charge in [-0.1, -0.05) is 60.7 Å². The monoisotopic (exact) mass is 626 g/mol. The standard InChI is InChI=1S/C22H23F2NO4.C8H11F2NO4/c23-20(24)13-25-11-18(21(26)28-14-16-7-3-1-4-8-16)19(12-25)22(27)29-15-17-9-5-2-6-10-17;9-6(10)3-11-1-4(7(12)13)5(2-11)8(14)15/h1-10,18-20H,11-15H2;4-6H,1-3H2,(H,12,13)(H,14,15)/t18-,19+;4-,5+. The summed E-state index contributed by atoms with van der Waals surface area (Å²) < 4.78 is 60.3. The van der Waals surface area contributed by atoms with Gasteiger partial charge >= 0.3 is 23.9 Å². The maximum Gasteiger partial charge on any atom is 0.311 e. The molecule has 0 saturated carbocycles. The Kier molecular flexibility index (Phi) is 13.1. The molecule has 2 aliphatic rings. The van der Waals surface area contributed by atoms with Gasteiger partial charge in [0.15, 0.2) is 0 Å². The first kappa shape index (κ1) is 34.5. The van der Waals surface area contributed by atoms with Crippen molar-refractivity contribution in [2.75, 3.05) is 39.3 Å². The smallest absolute Gasteiger partial charge is 0.311 e. The Hall–Kier alpha value is -4.04. The van der Waals surface area contributed by atoms with E-state index in [1.54, 1.807) is 0 Å². The van der Waals surface area contributed by atoms with Crippen LogP contribution in [-0.2, 0) is 41.9 Å². The molecule has 14 heteroatoms. The molecule has 2 aromatic carbocycles. The van der Waals surface area contributed by atoms with Crippen LogP contribution in [0, 0.1) is 23.7 Å². The molecule has 2 fully saturated rings. The number of ether oxygens (including phenoxy) is 2. The van der Waals surface area contributed by atoms with Gasteiger partial charge in [-0.25, -0.2) is 17.6 Å². The SMILES string of the molecule is O=C(O)[C@H]1CN(CC(F)F)C[C@H]1C(=O)O.O=C(OCc1ccccc1)[C@H]1CN(CC(F)F)C[C@H]1C(=O)OCc1ccccc1. The van der Waals surface area contributed by atoms with E-state index in [-0.39, 0.29) is 39.4 Å². The Labute approximate surface area is 251 Å². The van der Waals surface area contributed by atoms with Crippen LogP contribution in [0.3, 0.4) is 0 Å². The van der Waals surface area contributed by atoms with Gasteiger partial charge in [0.25, 0.3) is 12.9 Å². The summed E-state index contributed by atoms with van der Waals surface area (Å²) in [6, 6.07) is 18.3. The Morgan fingerprint density at radius 3 is 1.23 bits per heavy atom. The first-order valence-corrected chi connectivity index (χ1v) is 13.8. The Morgan fingerprint density at radius 2 is 0.932 bits per heavy atom. The van der Waals surface area contributed by atoms with Gasteiger partial charge in [0, 0.05) is 26.2 Å². The molecule has 0 unspecified atom stereocenters. The molecule has 240 valence electrons. The molecule has 4 atom stereocenters. The number of benzene rings is 2. The fraction of sp³-hybridized carbons (Fsp3) is 0.467.